The van der Waals surface area contributed by atoms with Crippen LogP contribution in [-0.2, 0) is 33.8 Å². The standard InChI is InChI=1S/C39H60N2O7S/c1-4-21-40-36(45)35(44)27-16-11-8-6-5-7-9-12-17-28(37(46)41-26-30-33(38(30,2)3)34(41)31(43)24-27)23-29(42)25-39(19-13-10-14-20-39)32-18-15-22-49(32,47)48/h4,27-28,30,32-34H,1,5-26H2,2-3H3,(H,40,45)/t27-,28-,30+,32+,33+,34-/m1/s1. The van der Waals surface area contributed by atoms with Gasteiger partial charge >= 0.3 is 0 Å². The van der Waals surface area contributed by atoms with E-state index < -0.39 is 50.1 Å². The van der Waals surface area contributed by atoms with Crippen molar-refractivity contribution in [1.82, 2.24) is 10.2 Å². The molecule has 0 aromatic heterocycles. The predicted molar refractivity (Wildman–Crippen MR) is 189 cm³/mol. The molecule has 3 heterocycles. The van der Waals surface area contributed by atoms with E-state index in [0.29, 0.717) is 32.2 Å². The number of nitrogens with zero attached hydrogens (tertiary/aromatic N) is 1. The molecule has 6 atom stereocenters. The minimum Gasteiger partial charge on any atom is -0.346 e. The molecule has 1 N–H and O–H groups in total. The molecule has 0 aromatic carbocycles. The van der Waals surface area contributed by atoms with Gasteiger partial charge in [-0.25, -0.2) is 8.42 Å². The molecular formula is C39H60N2O7S. The van der Waals surface area contributed by atoms with Crippen LogP contribution in [0.3, 0.4) is 0 Å². The van der Waals surface area contributed by atoms with Crippen molar-refractivity contribution in [3.05, 3.63) is 12.7 Å². The van der Waals surface area contributed by atoms with Gasteiger partial charge in [-0.1, -0.05) is 84.1 Å². The fourth-order valence-electron chi connectivity index (χ4n) is 10.3. The van der Waals surface area contributed by atoms with Gasteiger partial charge in [0.1, 0.15) is 5.78 Å². The zero-order valence-corrected chi connectivity index (χ0v) is 30.8. The quantitative estimate of drug-likeness (QED) is 0.233. The summed E-state index contributed by atoms with van der Waals surface area (Å²) in [7, 11) is -3.24. The molecule has 10 heteroatoms. The van der Waals surface area contributed by atoms with Crippen LogP contribution in [-0.4, -0.2) is 72.6 Å². The molecule has 0 unspecified atom stereocenters. The first-order valence-electron chi connectivity index (χ1n) is 19.3. The largest absolute Gasteiger partial charge is 0.346 e. The summed E-state index contributed by atoms with van der Waals surface area (Å²) in [6.45, 7) is 8.49. The van der Waals surface area contributed by atoms with E-state index in [1.807, 2.05) is 0 Å². The Kier molecular flexibility index (Phi) is 12.3. The summed E-state index contributed by atoms with van der Waals surface area (Å²) >= 11 is 0. The van der Waals surface area contributed by atoms with Crippen molar-refractivity contribution in [3.63, 3.8) is 0 Å². The van der Waals surface area contributed by atoms with E-state index in [1.54, 1.807) is 4.90 Å². The summed E-state index contributed by atoms with van der Waals surface area (Å²) in [5.41, 5.74) is -0.645. The van der Waals surface area contributed by atoms with Crippen molar-refractivity contribution < 1.29 is 32.4 Å². The number of amides is 2. The molecule has 49 heavy (non-hydrogen) atoms. The molecule has 0 aromatic rings. The number of carbonyl (C=O) groups is 5. The number of carbonyl (C=O) groups excluding carboxylic acids is 5. The van der Waals surface area contributed by atoms with Gasteiger partial charge in [-0.2, -0.15) is 0 Å². The van der Waals surface area contributed by atoms with Gasteiger partial charge in [0.2, 0.25) is 11.7 Å². The molecule has 9 nitrogen and oxygen atoms in total. The predicted octanol–water partition coefficient (Wildman–Crippen LogP) is 5.93. The second-order valence-electron chi connectivity index (χ2n) is 16.7. The van der Waals surface area contributed by atoms with E-state index >= 15 is 0 Å². The van der Waals surface area contributed by atoms with Crippen molar-refractivity contribution in [3.8, 4) is 0 Å². The molecule has 274 valence electrons. The molecular weight excluding hydrogens is 641 g/mol. The number of nitrogens with one attached hydrogen (secondary N) is 1. The van der Waals surface area contributed by atoms with Gasteiger partial charge in [-0.3, -0.25) is 24.0 Å². The first kappa shape index (κ1) is 37.9. The molecule has 5 rings (SSSR count). The van der Waals surface area contributed by atoms with Crippen LogP contribution >= 0.6 is 0 Å². The lowest BCUT2D eigenvalue weighted by Crippen LogP contribution is -2.49. The van der Waals surface area contributed by atoms with Gasteiger partial charge in [0.15, 0.2) is 15.6 Å². The third-order valence-electron chi connectivity index (χ3n) is 13.1. The Bertz CT molecular complexity index is 1380. The Hall–Kier alpha value is -2.36. The summed E-state index contributed by atoms with van der Waals surface area (Å²) in [5.74, 6) is -2.55. The highest BCUT2D eigenvalue weighted by Crippen LogP contribution is 2.65. The lowest BCUT2D eigenvalue weighted by atomic mass is 9.67. The topological polar surface area (TPSA) is 135 Å². The van der Waals surface area contributed by atoms with Gasteiger partial charge < -0.3 is 10.2 Å². The van der Waals surface area contributed by atoms with Gasteiger partial charge in [0, 0.05) is 44.2 Å². The number of Topliss-reactive ketones (excluding diaryl/α,β-unsaturated/α-hetero) is 3. The molecule has 5 fully saturated rings. The van der Waals surface area contributed by atoms with Gasteiger partial charge in [0.05, 0.1) is 17.0 Å². The van der Waals surface area contributed by atoms with E-state index in [4.69, 9.17) is 0 Å². The zero-order valence-electron chi connectivity index (χ0n) is 30.0. The van der Waals surface area contributed by atoms with E-state index in [1.165, 1.54) is 6.08 Å². The Morgan fingerprint density at radius 3 is 2.16 bits per heavy atom. The number of piperidine rings is 1. The Balaban J connectivity index is 1.37. The number of hydrogen-bond donors (Lipinski definition) is 1. The van der Waals surface area contributed by atoms with Gasteiger partial charge in [0.25, 0.3) is 5.91 Å². The van der Waals surface area contributed by atoms with Crippen molar-refractivity contribution in [2.45, 2.75) is 147 Å². The second-order valence-corrected chi connectivity index (χ2v) is 19.0. The van der Waals surface area contributed by atoms with E-state index in [0.717, 1.165) is 77.0 Å². The smallest absolute Gasteiger partial charge is 0.287 e. The molecule has 3 saturated heterocycles. The normalized spacial score (nSPS) is 33.2. The minimum absolute atomic E-state index is 0.0115. The molecule has 2 saturated carbocycles. The van der Waals surface area contributed by atoms with Crippen molar-refractivity contribution >= 4 is 39.0 Å². The van der Waals surface area contributed by atoms with Gasteiger partial charge in [-0.15, -0.1) is 6.58 Å². The SMILES string of the molecule is C=CCNC(=O)C(=O)[C@@H]1CCCCCCCCC[C@H](CC(=O)CC2([C@@H]3CCCS3(=O)=O)CCCCC2)C(=O)N2C[C@H]3[C@@H]([C@H]2C(=O)C1)C3(C)C. The summed E-state index contributed by atoms with van der Waals surface area (Å²) < 4.78 is 26.3. The first-order valence-corrected chi connectivity index (χ1v) is 21.0. The molecule has 2 aliphatic carbocycles. The molecule has 0 bridgehead atoms. The van der Waals surface area contributed by atoms with Crippen molar-refractivity contribution in [2.24, 2.45) is 34.5 Å². The second kappa shape index (κ2) is 15.9. The number of fused-ring (bicyclic) bond motifs is 3. The molecule has 3 aliphatic heterocycles. The van der Waals surface area contributed by atoms with Crippen LogP contribution in [0.1, 0.15) is 136 Å². The van der Waals surface area contributed by atoms with Crippen LogP contribution in [0.2, 0.25) is 0 Å². The number of ketones is 3. The highest BCUT2D eigenvalue weighted by Gasteiger charge is 2.69. The third-order valence-corrected chi connectivity index (χ3v) is 15.6. The van der Waals surface area contributed by atoms with E-state index in [2.05, 4.69) is 25.7 Å². The summed E-state index contributed by atoms with van der Waals surface area (Å²) in [6.07, 6.45) is 14.9. The van der Waals surface area contributed by atoms with E-state index in [-0.39, 0.29) is 66.3 Å². The van der Waals surface area contributed by atoms with Crippen LogP contribution in [0.5, 0.6) is 0 Å². The van der Waals surface area contributed by atoms with Crippen LogP contribution in [0, 0.1) is 34.5 Å². The maximum Gasteiger partial charge on any atom is 0.287 e. The summed E-state index contributed by atoms with van der Waals surface area (Å²) in [5, 5.41) is 2.11. The molecule has 0 spiro atoms. The highest BCUT2D eigenvalue weighted by atomic mass is 32.2. The molecule has 2 amide bonds. The fourth-order valence-corrected chi connectivity index (χ4v) is 12.8. The minimum atomic E-state index is -3.24. The number of hydrogen-bond acceptors (Lipinski definition) is 7. The Labute approximate surface area is 294 Å². The highest BCUT2D eigenvalue weighted by molar-refractivity contribution is 7.92. The average Bonchev–Trinajstić information content (AvgIpc) is 3.37. The maximum absolute atomic E-state index is 14.5. The van der Waals surface area contributed by atoms with Crippen LogP contribution in [0.4, 0.5) is 0 Å². The lowest BCUT2D eigenvalue weighted by Gasteiger charge is -2.41. The lowest BCUT2D eigenvalue weighted by molar-refractivity contribution is -0.146. The number of rotatable bonds is 9. The summed E-state index contributed by atoms with van der Waals surface area (Å²) in [4.78, 5) is 70.5. The summed E-state index contributed by atoms with van der Waals surface area (Å²) in [6, 6.07) is -0.669. The number of sulfone groups is 1. The van der Waals surface area contributed by atoms with Crippen LogP contribution < -0.4 is 5.32 Å². The monoisotopic (exact) mass is 700 g/mol. The van der Waals surface area contributed by atoms with Crippen molar-refractivity contribution in [1.29, 1.82) is 0 Å². The van der Waals surface area contributed by atoms with E-state index in [9.17, 15) is 32.4 Å². The maximum atomic E-state index is 14.5. The Morgan fingerprint density at radius 1 is 0.898 bits per heavy atom. The first-order chi connectivity index (χ1) is 23.3. The van der Waals surface area contributed by atoms with Crippen LogP contribution in [0.15, 0.2) is 12.7 Å². The van der Waals surface area contributed by atoms with Gasteiger partial charge in [-0.05, 0) is 61.2 Å². The van der Waals surface area contributed by atoms with Crippen molar-refractivity contribution in [2.75, 3.05) is 18.8 Å². The fraction of sp³-hybridized carbons (Fsp3) is 0.821. The third kappa shape index (κ3) is 8.41. The van der Waals surface area contributed by atoms with Crippen LogP contribution in [0.25, 0.3) is 0 Å². The molecule has 5 aliphatic rings. The zero-order chi connectivity index (χ0) is 35.4. The Morgan fingerprint density at radius 2 is 1.53 bits per heavy atom. The molecule has 0 radical (unpaired) electrons. The average molecular weight is 701 g/mol.